The van der Waals surface area contributed by atoms with Crippen molar-refractivity contribution in [2.75, 3.05) is 18.1 Å². The van der Waals surface area contributed by atoms with Crippen LogP contribution in [0.25, 0.3) is 0 Å². The van der Waals surface area contributed by atoms with Gasteiger partial charge in [0, 0.05) is 30.4 Å². The van der Waals surface area contributed by atoms with Crippen LogP contribution in [0.1, 0.15) is 44.6 Å². The van der Waals surface area contributed by atoms with Gasteiger partial charge in [-0.1, -0.05) is 19.1 Å². The van der Waals surface area contributed by atoms with E-state index < -0.39 is 0 Å². The summed E-state index contributed by atoms with van der Waals surface area (Å²) in [6, 6.07) is 11.0. The Morgan fingerprint density at radius 1 is 1.14 bits per heavy atom. The lowest BCUT2D eigenvalue weighted by molar-refractivity contribution is 0.299. The number of rotatable bonds is 6. The van der Waals surface area contributed by atoms with Gasteiger partial charge in [-0.2, -0.15) is 0 Å². The van der Waals surface area contributed by atoms with Crippen molar-refractivity contribution in [2.24, 2.45) is 0 Å². The largest absolute Gasteiger partial charge is 0.396 e. The summed E-state index contributed by atoms with van der Waals surface area (Å²) in [5.74, 6) is 0. The van der Waals surface area contributed by atoms with E-state index in [0.29, 0.717) is 18.1 Å². The monoisotopic (exact) mass is 288 g/mol. The van der Waals surface area contributed by atoms with Gasteiger partial charge in [-0.15, -0.1) is 0 Å². The maximum absolute atomic E-state index is 9.01. The molecule has 0 aromatic heterocycles. The van der Waals surface area contributed by atoms with E-state index in [1.165, 1.54) is 43.4 Å². The van der Waals surface area contributed by atoms with E-state index in [4.69, 9.17) is 5.11 Å². The van der Waals surface area contributed by atoms with Gasteiger partial charge in [0.1, 0.15) is 0 Å². The van der Waals surface area contributed by atoms with E-state index in [1.807, 2.05) is 0 Å². The van der Waals surface area contributed by atoms with E-state index >= 15 is 0 Å². The quantitative estimate of drug-likeness (QED) is 0.845. The molecule has 3 rings (SSSR count). The van der Waals surface area contributed by atoms with Crippen LogP contribution in [0.15, 0.2) is 24.3 Å². The van der Waals surface area contributed by atoms with E-state index in [0.717, 1.165) is 13.0 Å². The van der Waals surface area contributed by atoms with Gasteiger partial charge in [0.25, 0.3) is 0 Å². The number of hydrogen-bond donors (Lipinski definition) is 2. The van der Waals surface area contributed by atoms with Gasteiger partial charge in [-0.05, 0) is 62.8 Å². The Morgan fingerprint density at radius 2 is 1.81 bits per heavy atom. The first-order chi connectivity index (χ1) is 10.3. The van der Waals surface area contributed by atoms with Crippen LogP contribution in [0.4, 0.5) is 5.69 Å². The first-order valence-corrected chi connectivity index (χ1v) is 8.53. The molecule has 21 heavy (non-hydrogen) atoms. The molecular weight excluding hydrogens is 260 g/mol. The van der Waals surface area contributed by atoms with Crippen LogP contribution in [0.3, 0.4) is 0 Å². The third kappa shape index (κ3) is 3.24. The number of aliphatic hydroxyl groups excluding tert-OH is 1. The Hall–Kier alpha value is -1.06. The molecule has 1 aromatic carbocycles. The number of piperidine rings is 1. The fraction of sp³-hybridized carbons (Fsp3) is 0.667. The van der Waals surface area contributed by atoms with E-state index in [-0.39, 0.29) is 6.61 Å². The number of aliphatic hydroxyl groups is 1. The lowest BCUT2D eigenvalue weighted by atomic mass is 9.96. The summed E-state index contributed by atoms with van der Waals surface area (Å²) in [5, 5.41) is 12.7. The zero-order valence-corrected chi connectivity index (χ0v) is 13.1. The van der Waals surface area contributed by atoms with Crippen molar-refractivity contribution in [3.8, 4) is 0 Å². The van der Waals surface area contributed by atoms with Gasteiger partial charge in [-0.25, -0.2) is 0 Å². The second-order valence-corrected chi connectivity index (χ2v) is 6.55. The minimum atomic E-state index is 0.235. The van der Waals surface area contributed by atoms with Crippen molar-refractivity contribution in [1.82, 2.24) is 5.32 Å². The van der Waals surface area contributed by atoms with Gasteiger partial charge in [-0.3, -0.25) is 0 Å². The summed E-state index contributed by atoms with van der Waals surface area (Å²) in [7, 11) is 0. The summed E-state index contributed by atoms with van der Waals surface area (Å²) in [6.07, 6.45) is 7.24. The fourth-order valence-electron chi connectivity index (χ4n) is 4.08. The summed E-state index contributed by atoms with van der Waals surface area (Å²) in [6.45, 7) is 3.63. The Balaban J connectivity index is 1.67. The molecule has 2 aliphatic heterocycles. The molecule has 0 spiro atoms. The third-order valence-electron chi connectivity index (χ3n) is 5.05. The van der Waals surface area contributed by atoms with Crippen LogP contribution >= 0.6 is 0 Å². The normalized spacial score (nSPS) is 28.1. The van der Waals surface area contributed by atoms with Crippen LogP contribution in [0.5, 0.6) is 0 Å². The summed E-state index contributed by atoms with van der Waals surface area (Å²) >= 11 is 0. The molecule has 1 aromatic rings. The van der Waals surface area contributed by atoms with Gasteiger partial charge >= 0.3 is 0 Å². The molecule has 3 heteroatoms. The average Bonchev–Trinajstić information content (AvgIpc) is 2.77. The Labute approximate surface area is 128 Å². The van der Waals surface area contributed by atoms with Gasteiger partial charge in [0.05, 0.1) is 0 Å². The molecule has 0 aliphatic carbocycles. The van der Waals surface area contributed by atoms with Crippen LogP contribution in [-0.2, 0) is 6.42 Å². The molecule has 3 nitrogen and oxygen atoms in total. The van der Waals surface area contributed by atoms with E-state index in [9.17, 15) is 0 Å². The number of fused-ring (bicyclic) bond motifs is 2. The number of nitrogens with zero attached hydrogens (tertiary/aromatic N) is 1. The van der Waals surface area contributed by atoms with Crippen molar-refractivity contribution in [3.63, 3.8) is 0 Å². The van der Waals surface area contributed by atoms with Crippen LogP contribution in [0, 0.1) is 0 Å². The van der Waals surface area contributed by atoms with Crippen LogP contribution in [0.2, 0.25) is 0 Å². The summed E-state index contributed by atoms with van der Waals surface area (Å²) < 4.78 is 0. The number of anilines is 1. The van der Waals surface area contributed by atoms with Crippen molar-refractivity contribution in [3.05, 3.63) is 29.8 Å². The topological polar surface area (TPSA) is 35.5 Å². The molecule has 2 heterocycles. The Bertz CT molecular complexity index is 431. The summed E-state index contributed by atoms with van der Waals surface area (Å²) in [4.78, 5) is 2.66. The smallest absolute Gasteiger partial charge is 0.0471 e. The Kier molecular flexibility index (Phi) is 4.81. The molecule has 116 valence electrons. The zero-order valence-electron chi connectivity index (χ0n) is 13.1. The molecule has 0 amide bonds. The van der Waals surface area contributed by atoms with Gasteiger partial charge in [0.15, 0.2) is 0 Å². The molecular formula is C18H28N2O. The molecule has 2 unspecified atom stereocenters. The van der Waals surface area contributed by atoms with E-state index in [1.54, 1.807) is 0 Å². The van der Waals surface area contributed by atoms with Crippen molar-refractivity contribution < 1.29 is 5.11 Å². The van der Waals surface area contributed by atoms with Gasteiger partial charge < -0.3 is 15.3 Å². The highest BCUT2D eigenvalue weighted by atomic mass is 16.2. The predicted molar refractivity (Wildman–Crippen MR) is 87.8 cm³/mol. The second-order valence-electron chi connectivity index (χ2n) is 6.55. The maximum Gasteiger partial charge on any atom is 0.0471 e. The van der Waals surface area contributed by atoms with Crippen molar-refractivity contribution in [1.29, 1.82) is 0 Å². The average molecular weight is 288 g/mol. The first kappa shape index (κ1) is 14.9. The molecule has 2 fully saturated rings. The maximum atomic E-state index is 9.01. The highest BCUT2D eigenvalue weighted by molar-refractivity contribution is 5.51. The van der Waals surface area contributed by atoms with Crippen molar-refractivity contribution in [2.45, 2.75) is 63.6 Å². The molecule has 0 radical (unpaired) electrons. The van der Waals surface area contributed by atoms with E-state index in [2.05, 4.69) is 41.4 Å². The first-order valence-electron chi connectivity index (χ1n) is 8.53. The van der Waals surface area contributed by atoms with Crippen LogP contribution in [-0.4, -0.2) is 36.4 Å². The molecule has 2 N–H and O–H groups in total. The summed E-state index contributed by atoms with van der Waals surface area (Å²) in [5.41, 5.74) is 2.60. The van der Waals surface area contributed by atoms with Crippen molar-refractivity contribution >= 4 is 5.69 Å². The predicted octanol–water partition coefficient (Wildman–Crippen LogP) is 2.72. The molecule has 0 saturated carbocycles. The molecule has 2 bridgehead atoms. The standard InChI is InChI=1S/C18H28N2O/c1-2-10-19-15-12-17-7-8-18(13-15)20(17)16-5-3-14(4-6-16)9-11-21/h3-6,15,17-19,21H,2,7-13H2,1H3. The molecule has 2 atom stereocenters. The number of benzene rings is 1. The highest BCUT2D eigenvalue weighted by Crippen LogP contribution is 2.39. The Morgan fingerprint density at radius 3 is 2.38 bits per heavy atom. The van der Waals surface area contributed by atoms with Gasteiger partial charge in [0.2, 0.25) is 0 Å². The minimum Gasteiger partial charge on any atom is -0.396 e. The van der Waals surface area contributed by atoms with Crippen LogP contribution < -0.4 is 10.2 Å². The molecule has 2 saturated heterocycles. The lowest BCUT2D eigenvalue weighted by Gasteiger charge is -2.41. The number of hydrogen-bond acceptors (Lipinski definition) is 3. The third-order valence-corrected chi connectivity index (χ3v) is 5.05. The number of nitrogens with one attached hydrogen (secondary N) is 1. The lowest BCUT2D eigenvalue weighted by Crippen LogP contribution is -2.49. The molecule has 2 aliphatic rings. The zero-order chi connectivity index (χ0) is 14.7. The SMILES string of the molecule is CCCNC1CC2CCC(C1)N2c1ccc(CCO)cc1. The minimum absolute atomic E-state index is 0.235. The second kappa shape index (κ2) is 6.80. The highest BCUT2D eigenvalue weighted by Gasteiger charge is 2.40. The fourth-order valence-corrected chi connectivity index (χ4v) is 4.08.